The van der Waals surface area contributed by atoms with Gasteiger partial charge in [0, 0.05) is 28.2 Å². The zero-order valence-corrected chi connectivity index (χ0v) is 15.8. The molecule has 2 aromatic rings. The Labute approximate surface area is 155 Å². The molecule has 0 aliphatic heterocycles. The lowest BCUT2D eigenvalue weighted by Crippen LogP contribution is -2.09. The molecule has 0 amide bonds. The lowest BCUT2D eigenvalue weighted by atomic mass is 10.0. The van der Waals surface area contributed by atoms with Crippen LogP contribution in [0.2, 0.25) is 0 Å². The Balaban J connectivity index is 0.00000117. The third-order valence-electron chi connectivity index (χ3n) is 4.48. The highest BCUT2D eigenvalue weighted by atomic mass is 16.5. The van der Waals surface area contributed by atoms with Gasteiger partial charge in [-0.2, -0.15) is 5.26 Å². The van der Waals surface area contributed by atoms with Gasteiger partial charge in [-0.3, -0.25) is 0 Å². The van der Waals surface area contributed by atoms with Crippen LogP contribution in [0.1, 0.15) is 55.5 Å². The molecule has 1 aliphatic carbocycles. The number of methoxy groups -OCH3 is 1. The standard InChI is InChI=1S/C19H20N4O.C2H6/c1-11(21)16-9-13(4-7-17(16)22)23-18-8-6-15-14(18)5-3-12(10-20)19(15)24-2;1-2/h3-5,7,9,18,21,23H,6,8,22H2,1-2H3;1-2H3. The summed E-state index contributed by atoms with van der Waals surface area (Å²) in [5, 5.41) is 20.5. The highest BCUT2D eigenvalue weighted by Crippen LogP contribution is 2.40. The van der Waals surface area contributed by atoms with Crippen molar-refractivity contribution in [2.75, 3.05) is 18.2 Å². The number of hydrogen-bond acceptors (Lipinski definition) is 5. The van der Waals surface area contributed by atoms with Crippen molar-refractivity contribution in [1.29, 1.82) is 10.7 Å². The van der Waals surface area contributed by atoms with E-state index in [9.17, 15) is 5.26 Å². The van der Waals surface area contributed by atoms with Crippen molar-refractivity contribution < 1.29 is 4.74 Å². The predicted octanol–water partition coefficient (Wildman–Crippen LogP) is 4.66. The van der Waals surface area contributed by atoms with Crippen LogP contribution in [0.25, 0.3) is 0 Å². The van der Waals surface area contributed by atoms with Crippen LogP contribution in [0.3, 0.4) is 0 Å². The van der Waals surface area contributed by atoms with Gasteiger partial charge in [-0.25, -0.2) is 0 Å². The molecule has 5 nitrogen and oxygen atoms in total. The van der Waals surface area contributed by atoms with Crippen molar-refractivity contribution in [3.05, 3.63) is 52.6 Å². The molecule has 26 heavy (non-hydrogen) atoms. The molecule has 0 bridgehead atoms. The number of nitrogen functional groups attached to an aromatic ring is 1. The summed E-state index contributed by atoms with van der Waals surface area (Å²) in [5.41, 5.74) is 11.5. The van der Waals surface area contributed by atoms with Crippen LogP contribution in [-0.2, 0) is 6.42 Å². The van der Waals surface area contributed by atoms with Crippen molar-refractivity contribution >= 4 is 17.1 Å². The van der Waals surface area contributed by atoms with Gasteiger partial charge >= 0.3 is 0 Å². The van der Waals surface area contributed by atoms with Crippen LogP contribution in [0, 0.1) is 16.7 Å². The molecule has 1 atom stereocenters. The SMILES string of the molecule is CC.COc1c(C#N)ccc2c1CCC2Nc1ccc(N)c(C(C)=N)c1. The fraction of sp³-hybridized carbons (Fsp3) is 0.333. The van der Waals surface area contributed by atoms with Gasteiger partial charge in [0.2, 0.25) is 0 Å². The molecule has 0 aromatic heterocycles. The number of hydrogen-bond donors (Lipinski definition) is 3. The molecular formula is C21H26N4O. The third kappa shape index (κ3) is 3.65. The smallest absolute Gasteiger partial charge is 0.140 e. The topological polar surface area (TPSA) is 94.9 Å². The summed E-state index contributed by atoms with van der Waals surface area (Å²) in [5.74, 6) is 0.688. The minimum Gasteiger partial charge on any atom is -0.495 e. The Kier molecular flexibility index (Phi) is 6.24. The lowest BCUT2D eigenvalue weighted by molar-refractivity contribution is 0.409. The number of nitrogens with two attached hydrogens (primary N) is 1. The Morgan fingerprint density at radius 2 is 2.04 bits per heavy atom. The Hall–Kier alpha value is -3.00. The van der Waals surface area contributed by atoms with Crippen molar-refractivity contribution in [2.24, 2.45) is 0 Å². The van der Waals surface area contributed by atoms with Crippen LogP contribution >= 0.6 is 0 Å². The first kappa shape index (κ1) is 19.3. The molecular weight excluding hydrogens is 324 g/mol. The maximum Gasteiger partial charge on any atom is 0.140 e. The Morgan fingerprint density at radius 1 is 1.31 bits per heavy atom. The molecule has 0 saturated carbocycles. The van der Waals surface area contributed by atoms with Crippen LogP contribution in [0.15, 0.2) is 30.3 Å². The van der Waals surface area contributed by atoms with Crippen LogP contribution in [0.4, 0.5) is 11.4 Å². The van der Waals surface area contributed by atoms with Crippen molar-refractivity contribution in [3.8, 4) is 11.8 Å². The summed E-state index contributed by atoms with van der Waals surface area (Å²) in [6.45, 7) is 5.73. The third-order valence-corrected chi connectivity index (χ3v) is 4.48. The summed E-state index contributed by atoms with van der Waals surface area (Å²) < 4.78 is 5.45. The van der Waals surface area contributed by atoms with E-state index in [0.717, 1.165) is 35.2 Å². The molecule has 136 valence electrons. The van der Waals surface area contributed by atoms with E-state index in [2.05, 4.69) is 11.4 Å². The molecule has 5 heteroatoms. The van der Waals surface area contributed by atoms with Crippen LogP contribution in [-0.4, -0.2) is 12.8 Å². The summed E-state index contributed by atoms with van der Waals surface area (Å²) in [7, 11) is 1.61. The van der Waals surface area contributed by atoms with Gasteiger partial charge in [0.25, 0.3) is 0 Å². The molecule has 0 saturated heterocycles. The fourth-order valence-electron chi connectivity index (χ4n) is 3.31. The summed E-state index contributed by atoms with van der Waals surface area (Å²) in [4.78, 5) is 0. The lowest BCUT2D eigenvalue weighted by Gasteiger charge is -2.18. The number of nitriles is 1. The van der Waals surface area contributed by atoms with E-state index in [1.54, 1.807) is 14.0 Å². The summed E-state index contributed by atoms with van der Waals surface area (Å²) >= 11 is 0. The molecule has 0 fully saturated rings. The Morgan fingerprint density at radius 3 is 2.65 bits per heavy atom. The van der Waals surface area contributed by atoms with E-state index in [1.165, 1.54) is 0 Å². The predicted molar refractivity (Wildman–Crippen MR) is 107 cm³/mol. The van der Waals surface area contributed by atoms with Gasteiger partial charge in [-0.05, 0) is 49.6 Å². The van der Waals surface area contributed by atoms with Crippen molar-refractivity contribution in [1.82, 2.24) is 0 Å². The van der Waals surface area contributed by atoms with Crippen molar-refractivity contribution in [3.63, 3.8) is 0 Å². The molecule has 4 N–H and O–H groups in total. The number of nitrogens with one attached hydrogen (secondary N) is 2. The normalized spacial score (nSPS) is 14.5. The molecule has 0 radical (unpaired) electrons. The number of fused-ring (bicyclic) bond motifs is 1. The number of ether oxygens (including phenoxy) is 1. The van der Waals surface area contributed by atoms with Gasteiger partial charge in [-0.15, -0.1) is 0 Å². The Bertz CT molecular complexity index is 852. The molecule has 2 aromatic carbocycles. The van der Waals surface area contributed by atoms with E-state index in [4.69, 9.17) is 15.9 Å². The molecule has 1 unspecified atom stereocenters. The first-order valence-corrected chi connectivity index (χ1v) is 8.86. The largest absolute Gasteiger partial charge is 0.495 e. The first-order valence-electron chi connectivity index (χ1n) is 8.86. The summed E-state index contributed by atoms with van der Waals surface area (Å²) in [6, 6.07) is 11.8. The number of benzene rings is 2. The maximum atomic E-state index is 9.21. The van der Waals surface area contributed by atoms with Crippen LogP contribution < -0.4 is 15.8 Å². The quantitative estimate of drug-likeness (QED) is 0.552. The van der Waals surface area contributed by atoms with Gasteiger partial charge in [0.15, 0.2) is 0 Å². The minimum absolute atomic E-state index is 0.157. The van der Waals surface area contributed by atoms with Gasteiger partial charge in [-0.1, -0.05) is 19.9 Å². The monoisotopic (exact) mass is 350 g/mol. The molecule has 1 aliphatic rings. The average molecular weight is 350 g/mol. The molecule has 0 spiro atoms. The molecule has 3 rings (SSSR count). The van der Waals surface area contributed by atoms with Gasteiger partial charge < -0.3 is 21.2 Å². The minimum atomic E-state index is 0.157. The highest BCUT2D eigenvalue weighted by Gasteiger charge is 2.27. The van der Waals surface area contributed by atoms with E-state index >= 15 is 0 Å². The second kappa shape index (κ2) is 8.39. The number of rotatable bonds is 4. The second-order valence-electron chi connectivity index (χ2n) is 5.99. The fourth-order valence-corrected chi connectivity index (χ4v) is 3.31. The van der Waals surface area contributed by atoms with Gasteiger partial charge in [0.05, 0.1) is 18.7 Å². The zero-order chi connectivity index (χ0) is 19.3. The second-order valence-corrected chi connectivity index (χ2v) is 5.99. The highest BCUT2D eigenvalue weighted by molar-refractivity contribution is 6.01. The average Bonchev–Trinajstić information content (AvgIpc) is 3.06. The van der Waals surface area contributed by atoms with Crippen LogP contribution in [0.5, 0.6) is 5.75 Å². The van der Waals surface area contributed by atoms with Gasteiger partial charge in [0.1, 0.15) is 11.8 Å². The van der Waals surface area contributed by atoms with E-state index < -0.39 is 0 Å². The van der Waals surface area contributed by atoms with E-state index in [0.29, 0.717) is 22.7 Å². The van der Waals surface area contributed by atoms with Crippen molar-refractivity contribution in [2.45, 2.75) is 39.7 Å². The number of nitrogens with zero attached hydrogens (tertiary/aromatic N) is 1. The zero-order valence-electron chi connectivity index (χ0n) is 15.8. The molecule has 0 heterocycles. The van der Waals surface area contributed by atoms with E-state index in [-0.39, 0.29) is 6.04 Å². The van der Waals surface area contributed by atoms with E-state index in [1.807, 2.05) is 44.2 Å². The number of anilines is 2. The maximum absolute atomic E-state index is 9.21. The summed E-state index contributed by atoms with van der Waals surface area (Å²) in [6.07, 6.45) is 1.81. The first-order chi connectivity index (χ1) is 12.5.